The summed E-state index contributed by atoms with van der Waals surface area (Å²) in [6.07, 6.45) is 5.76. The third-order valence-corrected chi connectivity index (χ3v) is 2.87. The van der Waals surface area contributed by atoms with Gasteiger partial charge in [-0.15, -0.1) is 0 Å². The van der Waals surface area contributed by atoms with Gasteiger partial charge >= 0.3 is 0 Å². The molecule has 1 fully saturated rings. The molecule has 1 unspecified atom stereocenters. The number of carbonyl (C=O) groups excluding carboxylic acids is 1. The maximum Gasteiger partial charge on any atom is 0.223 e. The maximum atomic E-state index is 11.5. The summed E-state index contributed by atoms with van der Waals surface area (Å²) in [5.41, 5.74) is 1.08. The number of pyridine rings is 1. The van der Waals surface area contributed by atoms with E-state index in [-0.39, 0.29) is 11.8 Å². The molecule has 0 aliphatic carbocycles. The summed E-state index contributed by atoms with van der Waals surface area (Å²) in [6, 6.07) is 5.92. The second kappa shape index (κ2) is 4.91. The number of aryl methyl sites for hydroxylation is 1. The highest BCUT2D eigenvalue weighted by molar-refractivity contribution is 5.79. The Hall–Kier alpha value is -1.38. The van der Waals surface area contributed by atoms with Crippen LogP contribution >= 0.6 is 0 Å². The second-order valence-electron chi connectivity index (χ2n) is 3.99. The number of carbonyl (C=O) groups is 1. The molecule has 15 heavy (non-hydrogen) atoms. The Labute approximate surface area is 89.9 Å². The third-order valence-electron chi connectivity index (χ3n) is 2.87. The van der Waals surface area contributed by atoms with E-state index >= 15 is 0 Å². The molecule has 0 saturated carbocycles. The summed E-state index contributed by atoms with van der Waals surface area (Å²) in [4.78, 5) is 15.7. The minimum atomic E-state index is 0.195. The predicted octanol–water partition coefficient (Wildman–Crippen LogP) is 1.54. The molecule has 0 aromatic carbocycles. The van der Waals surface area contributed by atoms with Crippen molar-refractivity contribution in [2.75, 3.05) is 6.54 Å². The van der Waals surface area contributed by atoms with Crippen molar-refractivity contribution in [2.24, 2.45) is 5.92 Å². The molecule has 3 heteroatoms. The molecule has 1 aromatic rings. The first-order valence-corrected chi connectivity index (χ1v) is 5.54. The zero-order valence-electron chi connectivity index (χ0n) is 8.78. The lowest BCUT2D eigenvalue weighted by Crippen LogP contribution is -2.36. The molecular weight excluding hydrogens is 188 g/mol. The molecule has 1 N–H and O–H groups in total. The van der Waals surface area contributed by atoms with Gasteiger partial charge in [-0.3, -0.25) is 9.78 Å². The maximum absolute atomic E-state index is 11.5. The van der Waals surface area contributed by atoms with Crippen LogP contribution < -0.4 is 5.32 Å². The van der Waals surface area contributed by atoms with Crippen LogP contribution in [0.4, 0.5) is 0 Å². The quantitative estimate of drug-likeness (QED) is 0.811. The lowest BCUT2D eigenvalue weighted by Gasteiger charge is -2.21. The Balaban J connectivity index is 1.85. The minimum Gasteiger partial charge on any atom is -0.356 e. The van der Waals surface area contributed by atoms with E-state index in [2.05, 4.69) is 10.3 Å². The van der Waals surface area contributed by atoms with Crippen molar-refractivity contribution >= 4 is 5.91 Å². The average molecular weight is 204 g/mol. The average Bonchev–Trinajstić information content (AvgIpc) is 2.29. The Morgan fingerprint density at radius 1 is 1.47 bits per heavy atom. The summed E-state index contributed by atoms with van der Waals surface area (Å²) < 4.78 is 0. The molecule has 0 bridgehead atoms. The van der Waals surface area contributed by atoms with Crippen LogP contribution in [0.1, 0.15) is 25.0 Å². The van der Waals surface area contributed by atoms with E-state index in [0.717, 1.165) is 37.9 Å². The fourth-order valence-electron chi connectivity index (χ4n) is 1.98. The molecule has 80 valence electrons. The monoisotopic (exact) mass is 204 g/mol. The molecule has 3 nitrogen and oxygen atoms in total. The fraction of sp³-hybridized carbons (Fsp3) is 0.500. The van der Waals surface area contributed by atoms with Crippen molar-refractivity contribution in [2.45, 2.75) is 25.7 Å². The summed E-state index contributed by atoms with van der Waals surface area (Å²) in [6.45, 7) is 0.846. The number of aromatic nitrogens is 1. The zero-order valence-corrected chi connectivity index (χ0v) is 8.78. The number of rotatable bonds is 3. The number of nitrogens with zero attached hydrogens (tertiary/aromatic N) is 1. The number of hydrogen-bond donors (Lipinski definition) is 1. The van der Waals surface area contributed by atoms with Crippen LogP contribution in [-0.4, -0.2) is 17.4 Å². The smallest absolute Gasteiger partial charge is 0.223 e. The van der Waals surface area contributed by atoms with Gasteiger partial charge in [0, 0.05) is 24.4 Å². The SMILES string of the molecule is O=C1NCCCC1CCc1ccccn1. The van der Waals surface area contributed by atoms with Crippen LogP contribution in [0.2, 0.25) is 0 Å². The number of hydrogen-bond acceptors (Lipinski definition) is 2. The Morgan fingerprint density at radius 2 is 2.40 bits per heavy atom. The van der Waals surface area contributed by atoms with Crippen LogP contribution in [0.15, 0.2) is 24.4 Å². The first kappa shape index (κ1) is 10.1. The van der Waals surface area contributed by atoms with Gasteiger partial charge in [-0.1, -0.05) is 6.07 Å². The highest BCUT2D eigenvalue weighted by Crippen LogP contribution is 2.17. The van der Waals surface area contributed by atoms with E-state index in [9.17, 15) is 4.79 Å². The van der Waals surface area contributed by atoms with Crippen molar-refractivity contribution in [3.8, 4) is 0 Å². The minimum absolute atomic E-state index is 0.195. The third kappa shape index (κ3) is 2.78. The molecule has 1 aliphatic heterocycles. The van der Waals surface area contributed by atoms with E-state index < -0.39 is 0 Å². The standard InChI is InChI=1S/C12H16N2O/c15-12-10(4-3-9-14-12)6-7-11-5-1-2-8-13-11/h1-2,5,8,10H,3-4,6-7,9H2,(H,14,15). The molecular formula is C12H16N2O. The summed E-state index contributed by atoms with van der Waals surface area (Å²) in [7, 11) is 0. The van der Waals surface area contributed by atoms with Crippen molar-refractivity contribution in [1.82, 2.24) is 10.3 Å². The van der Waals surface area contributed by atoms with Gasteiger partial charge in [-0.2, -0.15) is 0 Å². The van der Waals surface area contributed by atoms with Gasteiger partial charge < -0.3 is 5.32 Å². The summed E-state index contributed by atoms with van der Waals surface area (Å²) in [5.74, 6) is 0.415. The molecule has 1 aromatic heterocycles. The van der Waals surface area contributed by atoms with Gasteiger partial charge in [0.05, 0.1) is 0 Å². The normalized spacial score (nSPS) is 21.1. The highest BCUT2D eigenvalue weighted by Gasteiger charge is 2.21. The van der Waals surface area contributed by atoms with Crippen LogP contribution in [-0.2, 0) is 11.2 Å². The Bertz CT molecular complexity index is 324. The zero-order chi connectivity index (χ0) is 10.5. The molecule has 1 atom stereocenters. The molecule has 1 aliphatic rings. The molecule has 0 spiro atoms. The molecule has 2 rings (SSSR count). The van der Waals surface area contributed by atoms with Crippen molar-refractivity contribution < 1.29 is 4.79 Å². The van der Waals surface area contributed by atoms with Crippen LogP contribution in [0.25, 0.3) is 0 Å². The van der Waals surface area contributed by atoms with Gasteiger partial charge in [0.25, 0.3) is 0 Å². The van der Waals surface area contributed by atoms with Gasteiger partial charge in [-0.25, -0.2) is 0 Å². The lowest BCUT2D eigenvalue weighted by molar-refractivity contribution is -0.126. The van der Waals surface area contributed by atoms with E-state index in [1.54, 1.807) is 6.20 Å². The van der Waals surface area contributed by atoms with Crippen LogP contribution in [0, 0.1) is 5.92 Å². The first-order chi connectivity index (χ1) is 7.36. The Morgan fingerprint density at radius 3 is 3.13 bits per heavy atom. The lowest BCUT2D eigenvalue weighted by atomic mass is 9.93. The topological polar surface area (TPSA) is 42.0 Å². The molecule has 2 heterocycles. The highest BCUT2D eigenvalue weighted by atomic mass is 16.1. The van der Waals surface area contributed by atoms with E-state index in [4.69, 9.17) is 0 Å². The van der Waals surface area contributed by atoms with E-state index in [1.807, 2.05) is 18.2 Å². The fourth-order valence-corrected chi connectivity index (χ4v) is 1.98. The molecule has 1 amide bonds. The molecule has 0 radical (unpaired) electrons. The van der Waals surface area contributed by atoms with Gasteiger partial charge in [0.2, 0.25) is 5.91 Å². The molecule has 1 saturated heterocycles. The van der Waals surface area contributed by atoms with Gasteiger partial charge in [0.1, 0.15) is 0 Å². The predicted molar refractivity (Wildman–Crippen MR) is 58.3 cm³/mol. The van der Waals surface area contributed by atoms with Crippen molar-refractivity contribution in [1.29, 1.82) is 0 Å². The summed E-state index contributed by atoms with van der Waals surface area (Å²) in [5, 5.41) is 2.91. The van der Waals surface area contributed by atoms with E-state index in [1.165, 1.54) is 0 Å². The first-order valence-electron chi connectivity index (χ1n) is 5.54. The van der Waals surface area contributed by atoms with Crippen molar-refractivity contribution in [3.63, 3.8) is 0 Å². The second-order valence-corrected chi connectivity index (χ2v) is 3.99. The number of nitrogens with one attached hydrogen (secondary N) is 1. The number of piperidine rings is 1. The van der Waals surface area contributed by atoms with Crippen LogP contribution in [0.5, 0.6) is 0 Å². The van der Waals surface area contributed by atoms with E-state index in [0.29, 0.717) is 0 Å². The van der Waals surface area contributed by atoms with Crippen molar-refractivity contribution in [3.05, 3.63) is 30.1 Å². The Kier molecular flexibility index (Phi) is 3.33. The largest absolute Gasteiger partial charge is 0.356 e. The van der Waals surface area contributed by atoms with Gasteiger partial charge in [0.15, 0.2) is 0 Å². The number of amides is 1. The van der Waals surface area contributed by atoms with Gasteiger partial charge in [-0.05, 0) is 37.8 Å². The van der Waals surface area contributed by atoms with Crippen LogP contribution in [0.3, 0.4) is 0 Å². The summed E-state index contributed by atoms with van der Waals surface area (Å²) >= 11 is 0.